The molecule has 0 heterocycles. The molecule has 28 heavy (non-hydrogen) atoms. The molecule has 0 aliphatic rings. The van der Waals surface area contributed by atoms with Crippen LogP contribution in [0.2, 0.25) is 0 Å². The maximum absolute atomic E-state index is 11.7. The predicted octanol–water partition coefficient (Wildman–Crippen LogP) is 4.36. The maximum Gasteiger partial charge on any atom is 0.270 e. The Labute approximate surface area is 172 Å². The van der Waals surface area contributed by atoms with Crippen molar-refractivity contribution in [2.45, 2.75) is 102 Å². The first-order valence-corrected chi connectivity index (χ1v) is 12.5. The molecule has 6 nitrogen and oxygen atoms in total. The summed E-state index contributed by atoms with van der Waals surface area (Å²) in [6, 6.07) is 0. The number of hydrogen-bond donors (Lipinski definition) is 3. The van der Waals surface area contributed by atoms with Crippen LogP contribution in [0, 0.1) is 0 Å². The van der Waals surface area contributed by atoms with Crippen LogP contribution in [0.25, 0.3) is 0 Å². The van der Waals surface area contributed by atoms with Gasteiger partial charge in [0.15, 0.2) is 0 Å². The summed E-state index contributed by atoms with van der Waals surface area (Å²) in [6.07, 6.45) is 20.6. The second kappa shape index (κ2) is 18.1. The number of allylic oxidation sites excluding steroid dienone is 2. The standard InChI is InChI=1S/C21H42N2O4S/c1-2-3-4-5-6-7-8-9-10-11-12-13-14-15-16-17-21(24)23-19-20(18-22)28(25,26)27/h9-10,20H,2-8,11-19,22H2,1H3,(H,23,24)(H,25,26,27)/b10-9-. The number of rotatable bonds is 19. The van der Waals surface area contributed by atoms with Crippen molar-refractivity contribution >= 4 is 16.0 Å². The highest BCUT2D eigenvalue weighted by Crippen LogP contribution is 2.10. The Morgan fingerprint density at radius 1 is 0.929 bits per heavy atom. The molecule has 0 aliphatic heterocycles. The summed E-state index contributed by atoms with van der Waals surface area (Å²) < 4.78 is 30.9. The Balaban J connectivity index is 3.45. The quantitative estimate of drug-likeness (QED) is 0.164. The zero-order chi connectivity index (χ0) is 21.1. The van der Waals surface area contributed by atoms with Gasteiger partial charge < -0.3 is 11.1 Å². The first kappa shape index (κ1) is 27.1. The molecular weight excluding hydrogens is 376 g/mol. The van der Waals surface area contributed by atoms with Crippen molar-refractivity contribution in [2.24, 2.45) is 5.73 Å². The van der Waals surface area contributed by atoms with Gasteiger partial charge in [-0.1, -0.05) is 70.4 Å². The van der Waals surface area contributed by atoms with Crippen molar-refractivity contribution in [3.8, 4) is 0 Å². The average Bonchev–Trinajstić information content (AvgIpc) is 2.64. The number of carbonyl (C=O) groups excluding carboxylic acids is 1. The van der Waals surface area contributed by atoms with Gasteiger partial charge in [0, 0.05) is 19.5 Å². The van der Waals surface area contributed by atoms with Gasteiger partial charge in [-0.15, -0.1) is 0 Å². The molecule has 4 N–H and O–H groups in total. The van der Waals surface area contributed by atoms with Crippen molar-refractivity contribution in [1.29, 1.82) is 0 Å². The summed E-state index contributed by atoms with van der Waals surface area (Å²) in [5, 5.41) is 1.39. The summed E-state index contributed by atoms with van der Waals surface area (Å²) in [5.41, 5.74) is 5.29. The molecule has 0 saturated heterocycles. The van der Waals surface area contributed by atoms with E-state index in [0.29, 0.717) is 6.42 Å². The van der Waals surface area contributed by atoms with Crippen LogP contribution in [0.15, 0.2) is 12.2 Å². The van der Waals surface area contributed by atoms with E-state index in [1.54, 1.807) is 0 Å². The monoisotopic (exact) mass is 418 g/mol. The molecule has 166 valence electrons. The molecule has 0 aromatic carbocycles. The van der Waals surface area contributed by atoms with E-state index in [2.05, 4.69) is 24.4 Å². The fraction of sp³-hybridized carbons (Fsp3) is 0.857. The number of hydrogen-bond acceptors (Lipinski definition) is 4. The largest absolute Gasteiger partial charge is 0.355 e. The van der Waals surface area contributed by atoms with Gasteiger partial charge in [-0.05, 0) is 32.1 Å². The van der Waals surface area contributed by atoms with Crippen molar-refractivity contribution in [3.05, 3.63) is 12.2 Å². The molecule has 1 unspecified atom stereocenters. The predicted molar refractivity (Wildman–Crippen MR) is 117 cm³/mol. The van der Waals surface area contributed by atoms with Crippen molar-refractivity contribution in [2.75, 3.05) is 13.1 Å². The lowest BCUT2D eigenvalue weighted by Gasteiger charge is -2.12. The van der Waals surface area contributed by atoms with Gasteiger partial charge in [-0.3, -0.25) is 9.35 Å². The minimum Gasteiger partial charge on any atom is -0.355 e. The van der Waals surface area contributed by atoms with Crippen LogP contribution < -0.4 is 11.1 Å². The third kappa shape index (κ3) is 17.2. The first-order chi connectivity index (χ1) is 13.4. The van der Waals surface area contributed by atoms with Crippen LogP contribution in [-0.4, -0.2) is 37.2 Å². The number of amides is 1. The SMILES string of the molecule is CCCCCCCC/C=C\CCCCCCCC(=O)NCC(CN)S(=O)(=O)O. The molecule has 0 aliphatic carbocycles. The number of carbonyl (C=O) groups is 1. The highest BCUT2D eigenvalue weighted by Gasteiger charge is 2.21. The van der Waals surface area contributed by atoms with Crippen LogP contribution in [0.1, 0.15) is 96.8 Å². The fourth-order valence-corrected chi connectivity index (χ4v) is 3.52. The zero-order valence-corrected chi connectivity index (χ0v) is 18.5. The molecular formula is C21H42N2O4S. The third-order valence-electron chi connectivity index (χ3n) is 4.88. The van der Waals surface area contributed by atoms with E-state index in [1.807, 2.05) is 0 Å². The lowest BCUT2D eigenvalue weighted by molar-refractivity contribution is -0.121. The summed E-state index contributed by atoms with van der Waals surface area (Å²) in [5.74, 6) is -0.195. The Hall–Kier alpha value is -0.920. The molecule has 0 aromatic rings. The van der Waals surface area contributed by atoms with E-state index in [-0.39, 0.29) is 19.0 Å². The fourth-order valence-electron chi connectivity index (χ4n) is 2.98. The van der Waals surface area contributed by atoms with Crippen LogP contribution in [-0.2, 0) is 14.9 Å². The Bertz CT molecular complexity index is 507. The van der Waals surface area contributed by atoms with E-state index >= 15 is 0 Å². The zero-order valence-electron chi connectivity index (χ0n) is 17.7. The van der Waals surface area contributed by atoms with Crippen molar-refractivity contribution in [3.63, 3.8) is 0 Å². The third-order valence-corrected chi connectivity index (χ3v) is 6.08. The number of nitrogens with two attached hydrogens (primary N) is 1. The van der Waals surface area contributed by atoms with E-state index < -0.39 is 15.4 Å². The highest BCUT2D eigenvalue weighted by molar-refractivity contribution is 7.86. The minimum absolute atomic E-state index is 0.140. The van der Waals surface area contributed by atoms with E-state index in [9.17, 15) is 13.2 Å². The van der Waals surface area contributed by atoms with Gasteiger partial charge in [0.2, 0.25) is 5.91 Å². The van der Waals surface area contributed by atoms with Crippen LogP contribution in [0.5, 0.6) is 0 Å². The van der Waals surface area contributed by atoms with E-state index in [4.69, 9.17) is 10.3 Å². The lowest BCUT2D eigenvalue weighted by atomic mass is 10.1. The summed E-state index contributed by atoms with van der Waals surface area (Å²) in [4.78, 5) is 11.7. The van der Waals surface area contributed by atoms with Gasteiger partial charge in [0.25, 0.3) is 10.1 Å². The average molecular weight is 419 g/mol. The topological polar surface area (TPSA) is 109 Å². The first-order valence-electron chi connectivity index (χ1n) is 11.0. The lowest BCUT2D eigenvalue weighted by Crippen LogP contribution is -2.40. The van der Waals surface area contributed by atoms with Crippen molar-refractivity contribution in [1.82, 2.24) is 5.32 Å². The maximum atomic E-state index is 11.7. The molecule has 1 atom stereocenters. The van der Waals surface area contributed by atoms with Crippen LogP contribution in [0.4, 0.5) is 0 Å². The van der Waals surface area contributed by atoms with Gasteiger partial charge in [-0.2, -0.15) is 8.42 Å². The smallest absolute Gasteiger partial charge is 0.270 e. The van der Waals surface area contributed by atoms with E-state index in [1.165, 1.54) is 57.8 Å². The molecule has 0 radical (unpaired) electrons. The molecule has 0 rings (SSSR count). The summed E-state index contributed by atoms with van der Waals surface area (Å²) in [6.45, 7) is 1.89. The van der Waals surface area contributed by atoms with Gasteiger partial charge in [0.05, 0.1) is 0 Å². The summed E-state index contributed by atoms with van der Waals surface area (Å²) in [7, 11) is -4.21. The summed E-state index contributed by atoms with van der Waals surface area (Å²) >= 11 is 0. The number of unbranched alkanes of at least 4 members (excludes halogenated alkanes) is 11. The molecule has 0 spiro atoms. The van der Waals surface area contributed by atoms with Crippen LogP contribution in [0.3, 0.4) is 0 Å². The second-order valence-corrected chi connectivity index (χ2v) is 9.21. The number of nitrogens with one attached hydrogen (secondary N) is 1. The minimum atomic E-state index is -4.21. The Morgan fingerprint density at radius 3 is 1.93 bits per heavy atom. The highest BCUT2D eigenvalue weighted by atomic mass is 32.2. The molecule has 0 fully saturated rings. The Kier molecular flexibility index (Phi) is 17.5. The van der Waals surface area contributed by atoms with Crippen molar-refractivity contribution < 1.29 is 17.8 Å². The van der Waals surface area contributed by atoms with Gasteiger partial charge in [0.1, 0.15) is 5.25 Å². The Morgan fingerprint density at radius 2 is 1.43 bits per heavy atom. The second-order valence-electron chi connectivity index (χ2n) is 7.51. The molecule has 0 aromatic heterocycles. The normalized spacial score (nSPS) is 13.1. The molecule has 0 saturated carbocycles. The van der Waals surface area contributed by atoms with Crippen LogP contribution >= 0.6 is 0 Å². The molecule has 0 bridgehead atoms. The van der Waals surface area contributed by atoms with Gasteiger partial charge >= 0.3 is 0 Å². The van der Waals surface area contributed by atoms with Gasteiger partial charge in [-0.25, -0.2) is 0 Å². The molecule has 1 amide bonds. The van der Waals surface area contributed by atoms with E-state index in [0.717, 1.165) is 25.7 Å². The molecule has 7 heteroatoms.